The molecule has 0 aromatic rings. The van der Waals surface area contributed by atoms with Gasteiger partial charge in [-0.1, -0.05) is 13.8 Å². The molecule has 0 fully saturated rings. The van der Waals surface area contributed by atoms with Crippen LogP contribution in [0.2, 0.25) is 0 Å². The Labute approximate surface area is 162 Å². The number of carbonyl (C=O) groups is 1. The Hall–Kier alpha value is -0.610. The van der Waals surface area contributed by atoms with E-state index in [1.165, 1.54) is 0 Å². The fraction of sp³-hybridized carbons (Fsp3) is 0.955. The number of esters is 1. The van der Waals surface area contributed by atoms with E-state index in [-0.39, 0.29) is 40.1 Å². The zero-order chi connectivity index (χ0) is 21.0. The van der Waals surface area contributed by atoms with Crippen LogP contribution in [-0.2, 0) is 14.3 Å². The summed E-state index contributed by atoms with van der Waals surface area (Å²) in [6.45, 7) is 25.6. The van der Waals surface area contributed by atoms with E-state index >= 15 is 0 Å². The van der Waals surface area contributed by atoms with E-state index in [0.29, 0.717) is 6.61 Å². The molecule has 4 nitrogen and oxygen atoms in total. The summed E-state index contributed by atoms with van der Waals surface area (Å²) in [4.78, 5) is 12.4. The molecular weight excluding hydrogens is 326 g/mol. The van der Waals surface area contributed by atoms with Crippen molar-refractivity contribution in [3.8, 4) is 0 Å². The molecule has 0 amide bonds. The Morgan fingerprint density at radius 2 is 1.38 bits per heavy atom. The minimum Gasteiger partial charge on any atom is -0.465 e. The van der Waals surface area contributed by atoms with Crippen molar-refractivity contribution in [2.24, 2.45) is 11.8 Å². The largest absolute Gasteiger partial charge is 0.465 e. The van der Waals surface area contributed by atoms with Crippen molar-refractivity contribution in [3.63, 3.8) is 0 Å². The van der Waals surface area contributed by atoms with Crippen molar-refractivity contribution in [2.45, 2.75) is 118 Å². The first-order valence-electron chi connectivity index (χ1n) is 9.98. The number of ether oxygens (including phenoxy) is 2. The smallest absolute Gasteiger partial charge is 0.308 e. The molecule has 1 N–H and O–H groups in total. The first kappa shape index (κ1) is 25.4. The molecule has 0 aliphatic rings. The van der Waals surface area contributed by atoms with Gasteiger partial charge in [0.15, 0.2) is 0 Å². The summed E-state index contributed by atoms with van der Waals surface area (Å²) in [7, 11) is 0. The average Bonchev–Trinajstić information content (AvgIpc) is 2.27. The molecule has 26 heavy (non-hydrogen) atoms. The third-order valence-corrected chi connectivity index (χ3v) is 3.86. The Morgan fingerprint density at radius 1 is 0.885 bits per heavy atom. The zero-order valence-electron chi connectivity index (χ0n) is 19.5. The van der Waals surface area contributed by atoms with Crippen LogP contribution in [0.3, 0.4) is 0 Å². The van der Waals surface area contributed by atoms with Gasteiger partial charge >= 0.3 is 5.97 Å². The van der Waals surface area contributed by atoms with Crippen LogP contribution < -0.4 is 5.32 Å². The lowest BCUT2D eigenvalue weighted by molar-refractivity contribution is -0.153. The van der Waals surface area contributed by atoms with Crippen LogP contribution in [0, 0.1) is 11.8 Å². The molecule has 0 rings (SSSR count). The molecule has 2 unspecified atom stereocenters. The summed E-state index contributed by atoms with van der Waals surface area (Å²) in [5.41, 5.74) is -0.528. The van der Waals surface area contributed by atoms with E-state index in [4.69, 9.17) is 9.47 Å². The van der Waals surface area contributed by atoms with E-state index in [0.717, 1.165) is 12.8 Å². The van der Waals surface area contributed by atoms with Crippen LogP contribution in [0.5, 0.6) is 0 Å². The van der Waals surface area contributed by atoms with Crippen LogP contribution in [0.1, 0.15) is 95.9 Å². The van der Waals surface area contributed by atoms with Gasteiger partial charge in [-0.3, -0.25) is 4.79 Å². The van der Waals surface area contributed by atoms with E-state index < -0.39 is 0 Å². The van der Waals surface area contributed by atoms with Crippen LogP contribution in [-0.4, -0.2) is 34.9 Å². The second-order valence-corrected chi connectivity index (χ2v) is 11.3. The highest BCUT2D eigenvalue weighted by molar-refractivity contribution is 5.72. The van der Waals surface area contributed by atoms with Crippen molar-refractivity contribution in [1.82, 2.24) is 5.32 Å². The molecule has 0 saturated carbocycles. The summed E-state index contributed by atoms with van der Waals surface area (Å²) < 4.78 is 11.7. The Balaban J connectivity index is 4.47. The predicted molar refractivity (Wildman–Crippen MR) is 110 cm³/mol. The lowest BCUT2D eigenvalue weighted by atomic mass is 9.89. The Bertz CT molecular complexity index is 441. The number of nitrogens with one attached hydrogen (secondary N) is 1. The normalized spacial score (nSPS) is 16.3. The van der Waals surface area contributed by atoms with Crippen LogP contribution in [0.25, 0.3) is 0 Å². The monoisotopic (exact) mass is 371 g/mol. The third-order valence-electron chi connectivity index (χ3n) is 3.86. The summed E-state index contributed by atoms with van der Waals surface area (Å²) >= 11 is 0. The van der Waals surface area contributed by atoms with Crippen molar-refractivity contribution < 1.29 is 14.3 Å². The molecule has 0 bridgehead atoms. The number of carbonyl (C=O) groups excluding carboxylic acids is 1. The van der Waals surface area contributed by atoms with Gasteiger partial charge in [0.2, 0.25) is 0 Å². The first-order chi connectivity index (χ1) is 11.3. The SMILES string of the molecule is CC(COC(=O)C(C)CC(C)(C)NC(C)(C)C)CC(C)(C)OC(C)(C)C. The molecule has 0 aromatic heterocycles. The lowest BCUT2D eigenvalue weighted by Gasteiger charge is -2.36. The van der Waals surface area contributed by atoms with E-state index in [9.17, 15) is 4.79 Å². The highest BCUT2D eigenvalue weighted by Crippen LogP contribution is 2.27. The molecule has 0 aliphatic heterocycles. The Kier molecular flexibility index (Phi) is 8.84. The maximum absolute atomic E-state index is 12.4. The molecule has 0 spiro atoms. The van der Waals surface area contributed by atoms with Crippen LogP contribution in [0.15, 0.2) is 0 Å². The van der Waals surface area contributed by atoms with Crippen molar-refractivity contribution >= 4 is 5.97 Å². The highest BCUT2D eigenvalue weighted by atomic mass is 16.5. The molecular formula is C22H45NO3. The summed E-state index contributed by atoms with van der Waals surface area (Å²) in [6, 6.07) is 0. The maximum atomic E-state index is 12.4. The molecule has 156 valence electrons. The van der Waals surface area contributed by atoms with Crippen LogP contribution >= 0.6 is 0 Å². The molecule has 0 aromatic carbocycles. The minimum absolute atomic E-state index is 0.0142. The van der Waals surface area contributed by atoms with E-state index in [1.54, 1.807) is 0 Å². The van der Waals surface area contributed by atoms with Gasteiger partial charge in [-0.2, -0.15) is 0 Å². The quantitative estimate of drug-likeness (QED) is 0.556. The third kappa shape index (κ3) is 12.7. The standard InChI is InChI=1S/C22H45NO3/c1-16(13-22(11,12)26-20(6,7)8)15-25-18(24)17(2)14-21(9,10)23-19(3,4)5/h16-17,23H,13-15H2,1-12H3. The molecule has 4 heteroatoms. The molecule has 0 aliphatic carbocycles. The van der Waals surface area contributed by atoms with Crippen molar-refractivity contribution in [2.75, 3.05) is 6.61 Å². The van der Waals surface area contributed by atoms with Gasteiger partial charge in [0.05, 0.1) is 23.7 Å². The second-order valence-electron chi connectivity index (χ2n) is 11.3. The average molecular weight is 372 g/mol. The summed E-state index contributed by atoms with van der Waals surface area (Å²) in [5.74, 6) is 0.00488. The van der Waals surface area contributed by atoms with Crippen LogP contribution in [0.4, 0.5) is 0 Å². The molecule has 2 atom stereocenters. The van der Waals surface area contributed by atoms with Crippen molar-refractivity contribution in [3.05, 3.63) is 0 Å². The zero-order valence-corrected chi connectivity index (χ0v) is 19.5. The molecule has 0 heterocycles. The highest BCUT2D eigenvalue weighted by Gasteiger charge is 2.31. The maximum Gasteiger partial charge on any atom is 0.308 e. The van der Waals surface area contributed by atoms with Gasteiger partial charge in [-0.25, -0.2) is 0 Å². The van der Waals surface area contributed by atoms with Gasteiger partial charge < -0.3 is 14.8 Å². The van der Waals surface area contributed by atoms with Gasteiger partial charge in [0.1, 0.15) is 0 Å². The second kappa shape index (κ2) is 9.05. The predicted octanol–water partition coefficient (Wildman–Crippen LogP) is 5.34. The molecule has 0 radical (unpaired) electrons. The topological polar surface area (TPSA) is 47.6 Å². The number of hydrogen-bond acceptors (Lipinski definition) is 4. The fourth-order valence-electron chi connectivity index (χ4n) is 4.05. The number of rotatable bonds is 9. The van der Waals surface area contributed by atoms with Crippen molar-refractivity contribution in [1.29, 1.82) is 0 Å². The summed E-state index contributed by atoms with van der Waals surface area (Å²) in [6.07, 6.45) is 1.60. The fourth-order valence-corrected chi connectivity index (χ4v) is 4.05. The van der Waals surface area contributed by atoms with E-state index in [2.05, 4.69) is 81.5 Å². The van der Waals surface area contributed by atoms with Gasteiger partial charge in [0, 0.05) is 11.1 Å². The van der Waals surface area contributed by atoms with Gasteiger partial charge in [0.25, 0.3) is 0 Å². The number of hydrogen-bond donors (Lipinski definition) is 1. The molecule has 0 saturated heterocycles. The van der Waals surface area contributed by atoms with Gasteiger partial charge in [-0.05, 0) is 88.0 Å². The minimum atomic E-state index is -0.242. The Morgan fingerprint density at radius 3 is 1.81 bits per heavy atom. The lowest BCUT2D eigenvalue weighted by Crippen LogP contribution is -2.51. The first-order valence-corrected chi connectivity index (χ1v) is 9.98. The summed E-state index contributed by atoms with van der Waals surface area (Å²) in [5, 5.41) is 3.57. The van der Waals surface area contributed by atoms with E-state index in [1.807, 2.05) is 6.92 Å². The van der Waals surface area contributed by atoms with Gasteiger partial charge in [-0.15, -0.1) is 0 Å².